The van der Waals surface area contributed by atoms with Gasteiger partial charge in [0.1, 0.15) is 0 Å². The molecule has 178 valence electrons. The van der Waals surface area contributed by atoms with Crippen molar-refractivity contribution in [1.82, 2.24) is 4.72 Å². The van der Waals surface area contributed by atoms with Crippen molar-refractivity contribution in [2.75, 3.05) is 43.1 Å². The fourth-order valence-electron chi connectivity index (χ4n) is 3.14. The molecule has 2 N–H and O–H groups in total. The Hall–Kier alpha value is -2.66. The SMILES string of the molecule is CC(OC(=O)CCNS(=O)(=O)c1cccc(Cl)c1)C(=O)Nc1ccc(N2CCOCC2)cc1. The Balaban J connectivity index is 1.43. The first kappa shape index (κ1) is 25.0. The Morgan fingerprint density at radius 1 is 1.15 bits per heavy atom. The van der Waals surface area contributed by atoms with Crippen molar-refractivity contribution in [3.05, 3.63) is 53.6 Å². The molecule has 1 heterocycles. The van der Waals surface area contributed by atoms with Crippen LogP contribution in [-0.4, -0.2) is 59.2 Å². The maximum Gasteiger partial charge on any atom is 0.307 e. The number of anilines is 2. The number of ether oxygens (including phenoxy) is 2. The van der Waals surface area contributed by atoms with Crippen molar-refractivity contribution in [1.29, 1.82) is 0 Å². The molecule has 11 heteroatoms. The number of nitrogens with zero attached hydrogens (tertiary/aromatic N) is 1. The van der Waals surface area contributed by atoms with Gasteiger partial charge in [0.15, 0.2) is 6.10 Å². The highest BCUT2D eigenvalue weighted by Gasteiger charge is 2.20. The Morgan fingerprint density at radius 3 is 2.52 bits per heavy atom. The molecule has 9 nitrogen and oxygen atoms in total. The zero-order valence-corrected chi connectivity index (χ0v) is 19.7. The predicted octanol–water partition coefficient (Wildman–Crippen LogP) is 2.42. The number of carbonyl (C=O) groups is 2. The Kier molecular flexibility index (Phi) is 8.67. The van der Waals surface area contributed by atoms with Crippen LogP contribution in [0.4, 0.5) is 11.4 Å². The van der Waals surface area contributed by atoms with Crippen molar-refractivity contribution in [3.8, 4) is 0 Å². The molecule has 2 aromatic carbocycles. The third kappa shape index (κ3) is 7.43. The number of halogens is 1. The highest BCUT2D eigenvalue weighted by Crippen LogP contribution is 2.19. The third-order valence-corrected chi connectivity index (χ3v) is 6.61. The summed E-state index contributed by atoms with van der Waals surface area (Å²) in [4.78, 5) is 26.6. The molecule has 1 unspecified atom stereocenters. The van der Waals surface area contributed by atoms with E-state index < -0.39 is 28.0 Å². The molecule has 0 aromatic heterocycles. The van der Waals surface area contributed by atoms with Gasteiger partial charge in [0.2, 0.25) is 10.0 Å². The van der Waals surface area contributed by atoms with Crippen LogP contribution in [-0.2, 0) is 29.1 Å². The van der Waals surface area contributed by atoms with E-state index in [2.05, 4.69) is 14.9 Å². The highest BCUT2D eigenvalue weighted by atomic mass is 35.5. The average Bonchev–Trinajstić information content (AvgIpc) is 2.80. The zero-order valence-electron chi connectivity index (χ0n) is 18.1. The number of nitrogens with one attached hydrogen (secondary N) is 2. The van der Waals surface area contributed by atoms with E-state index in [-0.39, 0.29) is 22.9 Å². The summed E-state index contributed by atoms with van der Waals surface area (Å²) in [5.41, 5.74) is 1.62. The smallest absolute Gasteiger partial charge is 0.307 e. The number of morpholine rings is 1. The molecule has 2 aromatic rings. The number of benzene rings is 2. The number of sulfonamides is 1. The van der Waals surface area contributed by atoms with Crippen LogP contribution in [0.15, 0.2) is 53.4 Å². The highest BCUT2D eigenvalue weighted by molar-refractivity contribution is 7.89. The van der Waals surface area contributed by atoms with Gasteiger partial charge in [-0.3, -0.25) is 9.59 Å². The normalized spacial score (nSPS) is 15.0. The quantitative estimate of drug-likeness (QED) is 0.513. The van der Waals surface area contributed by atoms with Crippen LogP contribution in [0, 0.1) is 0 Å². The van der Waals surface area contributed by atoms with Gasteiger partial charge >= 0.3 is 5.97 Å². The van der Waals surface area contributed by atoms with Gasteiger partial charge in [0.25, 0.3) is 5.91 Å². The van der Waals surface area contributed by atoms with E-state index in [4.69, 9.17) is 21.1 Å². The average molecular weight is 496 g/mol. The Labute approximate surface area is 198 Å². The molecule has 1 aliphatic rings. The first-order valence-electron chi connectivity index (χ1n) is 10.4. The van der Waals surface area contributed by atoms with Crippen LogP contribution in [0.2, 0.25) is 5.02 Å². The summed E-state index contributed by atoms with van der Waals surface area (Å²) in [5.74, 6) is -1.18. The van der Waals surface area contributed by atoms with E-state index in [1.165, 1.54) is 25.1 Å². The number of amides is 1. The van der Waals surface area contributed by atoms with Crippen LogP contribution in [0.1, 0.15) is 13.3 Å². The van der Waals surface area contributed by atoms with E-state index >= 15 is 0 Å². The number of esters is 1. The summed E-state index contributed by atoms with van der Waals surface area (Å²) >= 11 is 5.81. The summed E-state index contributed by atoms with van der Waals surface area (Å²) in [5, 5.41) is 2.99. The lowest BCUT2D eigenvalue weighted by Crippen LogP contribution is -2.36. The lowest BCUT2D eigenvalue weighted by molar-refractivity contribution is -0.152. The van der Waals surface area contributed by atoms with Crippen LogP contribution >= 0.6 is 11.6 Å². The standard InChI is InChI=1S/C22H26ClN3O6S/c1-16(22(28)25-18-5-7-19(8-6-18)26-11-13-31-14-12-26)32-21(27)9-10-24-33(29,30)20-4-2-3-17(23)15-20/h2-8,15-16,24H,9-14H2,1H3,(H,25,28). The second kappa shape index (κ2) is 11.5. The molecule has 0 saturated carbocycles. The minimum absolute atomic E-state index is 0.00393. The monoisotopic (exact) mass is 495 g/mol. The van der Waals surface area contributed by atoms with Crippen molar-refractivity contribution in [2.24, 2.45) is 0 Å². The van der Waals surface area contributed by atoms with Crippen molar-refractivity contribution >= 4 is 44.9 Å². The summed E-state index contributed by atoms with van der Waals surface area (Å²) < 4.78 is 37.2. The van der Waals surface area contributed by atoms with E-state index in [1.54, 1.807) is 18.2 Å². The van der Waals surface area contributed by atoms with Crippen LogP contribution in [0.3, 0.4) is 0 Å². The van der Waals surface area contributed by atoms with Gasteiger partial charge in [0, 0.05) is 36.0 Å². The van der Waals surface area contributed by atoms with Crippen LogP contribution in [0.5, 0.6) is 0 Å². The van der Waals surface area contributed by atoms with Crippen LogP contribution < -0.4 is 14.9 Å². The van der Waals surface area contributed by atoms with Gasteiger partial charge in [-0.2, -0.15) is 0 Å². The van der Waals surface area contributed by atoms with Crippen LogP contribution in [0.25, 0.3) is 0 Å². The summed E-state index contributed by atoms with van der Waals surface area (Å²) in [6.07, 6.45) is -1.27. The Bertz CT molecular complexity index is 1070. The molecule has 3 rings (SSSR count). The molecule has 0 aliphatic carbocycles. The second-order valence-corrected chi connectivity index (χ2v) is 9.58. The minimum atomic E-state index is -3.81. The summed E-state index contributed by atoms with van der Waals surface area (Å²) in [6, 6.07) is 13.1. The summed E-state index contributed by atoms with van der Waals surface area (Å²) in [7, 11) is -3.81. The van der Waals surface area contributed by atoms with E-state index in [0.29, 0.717) is 18.9 Å². The molecule has 0 spiro atoms. The van der Waals surface area contributed by atoms with E-state index in [1.807, 2.05) is 12.1 Å². The molecule has 1 atom stereocenters. The fraction of sp³-hybridized carbons (Fsp3) is 0.364. The first-order chi connectivity index (χ1) is 15.7. The van der Waals surface area contributed by atoms with Crippen molar-refractivity contribution < 1.29 is 27.5 Å². The molecule has 0 bridgehead atoms. The van der Waals surface area contributed by atoms with Crippen molar-refractivity contribution in [2.45, 2.75) is 24.3 Å². The molecule has 1 fully saturated rings. The van der Waals surface area contributed by atoms with E-state index in [9.17, 15) is 18.0 Å². The zero-order chi connectivity index (χ0) is 23.8. The Morgan fingerprint density at radius 2 is 1.85 bits per heavy atom. The lowest BCUT2D eigenvalue weighted by Gasteiger charge is -2.28. The maximum absolute atomic E-state index is 12.3. The van der Waals surface area contributed by atoms with Gasteiger partial charge in [-0.25, -0.2) is 13.1 Å². The van der Waals surface area contributed by atoms with E-state index in [0.717, 1.165) is 18.8 Å². The summed E-state index contributed by atoms with van der Waals surface area (Å²) in [6.45, 7) is 4.27. The molecular formula is C22H26ClN3O6S. The van der Waals surface area contributed by atoms with Gasteiger partial charge in [-0.1, -0.05) is 17.7 Å². The maximum atomic E-state index is 12.3. The minimum Gasteiger partial charge on any atom is -0.452 e. The second-order valence-electron chi connectivity index (χ2n) is 7.37. The number of carbonyl (C=O) groups excluding carboxylic acids is 2. The van der Waals surface area contributed by atoms with Gasteiger partial charge < -0.3 is 19.7 Å². The molecule has 33 heavy (non-hydrogen) atoms. The van der Waals surface area contributed by atoms with Gasteiger partial charge in [0.05, 0.1) is 24.5 Å². The topological polar surface area (TPSA) is 114 Å². The van der Waals surface area contributed by atoms with Crippen molar-refractivity contribution in [3.63, 3.8) is 0 Å². The third-order valence-electron chi connectivity index (χ3n) is 4.92. The molecule has 1 aliphatic heterocycles. The fourth-order valence-corrected chi connectivity index (χ4v) is 4.47. The van der Waals surface area contributed by atoms with Gasteiger partial charge in [-0.05, 0) is 49.4 Å². The largest absolute Gasteiger partial charge is 0.452 e. The molecular weight excluding hydrogens is 470 g/mol. The number of hydrogen-bond acceptors (Lipinski definition) is 7. The number of hydrogen-bond donors (Lipinski definition) is 2. The predicted molar refractivity (Wildman–Crippen MR) is 125 cm³/mol. The molecule has 1 amide bonds. The lowest BCUT2D eigenvalue weighted by atomic mass is 10.2. The van der Waals surface area contributed by atoms with Gasteiger partial charge in [-0.15, -0.1) is 0 Å². The molecule has 1 saturated heterocycles. The molecule has 0 radical (unpaired) electrons. The number of rotatable bonds is 9. The first-order valence-corrected chi connectivity index (χ1v) is 12.3.